The van der Waals surface area contributed by atoms with E-state index >= 15 is 0 Å². The average molecular weight is 210 g/mol. The first-order valence-corrected chi connectivity index (χ1v) is 4.58. The first-order valence-electron chi connectivity index (χ1n) is 4.58. The summed E-state index contributed by atoms with van der Waals surface area (Å²) in [5.74, 6) is 0.580. The van der Waals surface area contributed by atoms with Crippen LogP contribution in [-0.2, 0) is 0 Å². The van der Waals surface area contributed by atoms with Gasteiger partial charge in [-0.05, 0) is 26.0 Å². The summed E-state index contributed by atoms with van der Waals surface area (Å²) in [7, 11) is 0. The van der Waals surface area contributed by atoms with Crippen LogP contribution in [0.15, 0.2) is 24.3 Å². The molecule has 0 bridgehead atoms. The second kappa shape index (κ2) is 4.27. The van der Waals surface area contributed by atoms with Gasteiger partial charge in [0.15, 0.2) is 0 Å². The van der Waals surface area contributed by atoms with E-state index in [-0.39, 0.29) is 5.69 Å². The van der Waals surface area contributed by atoms with Gasteiger partial charge in [-0.1, -0.05) is 0 Å². The van der Waals surface area contributed by atoms with Gasteiger partial charge in [0.05, 0.1) is 4.92 Å². The highest BCUT2D eigenvalue weighted by molar-refractivity contribution is 5.36. The number of nitro groups is 1. The molecule has 0 aliphatic heterocycles. The van der Waals surface area contributed by atoms with Crippen molar-refractivity contribution in [1.29, 1.82) is 0 Å². The number of nitro benzene ring substituents is 1. The number of benzene rings is 1. The number of hydrogen-bond acceptors (Lipinski definition) is 4. The van der Waals surface area contributed by atoms with Crippen LogP contribution in [0.3, 0.4) is 0 Å². The van der Waals surface area contributed by atoms with Gasteiger partial charge in [-0.2, -0.15) is 0 Å². The molecule has 1 aromatic carbocycles. The Morgan fingerprint density at radius 2 is 1.93 bits per heavy atom. The molecule has 5 nitrogen and oxygen atoms in total. The number of hydrogen-bond donors (Lipinski definition) is 1. The predicted octanol–water partition coefficient (Wildman–Crippen LogP) is 1.71. The molecule has 0 atom stereocenters. The third kappa shape index (κ3) is 3.21. The molecule has 0 saturated heterocycles. The molecule has 0 aliphatic carbocycles. The zero-order valence-corrected chi connectivity index (χ0v) is 8.77. The molecule has 2 N–H and O–H groups in total. The van der Waals surface area contributed by atoms with Crippen molar-refractivity contribution in [2.75, 3.05) is 6.54 Å². The Morgan fingerprint density at radius 3 is 2.33 bits per heavy atom. The van der Waals surface area contributed by atoms with Gasteiger partial charge in [0, 0.05) is 18.7 Å². The largest absolute Gasteiger partial charge is 0.487 e. The van der Waals surface area contributed by atoms with Crippen molar-refractivity contribution in [1.82, 2.24) is 0 Å². The lowest BCUT2D eigenvalue weighted by molar-refractivity contribution is -0.384. The normalized spacial score (nSPS) is 11.1. The lowest BCUT2D eigenvalue weighted by Gasteiger charge is -2.24. The molecule has 0 heterocycles. The summed E-state index contributed by atoms with van der Waals surface area (Å²) in [5, 5.41) is 10.4. The molecule has 0 amide bonds. The second-order valence-corrected chi connectivity index (χ2v) is 3.82. The monoisotopic (exact) mass is 210 g/mol. The Bertz CT molecular complexity index is 346. The van der Waals surface area contributed by atoms with Gasteiger partial charge >= 0.3 is 0 Å². The molecular formula is C10H14N2O3. The molecule has 0 unspecified atom stereocenters. The van der Waals surface area contributed by atoms with Crippen LogP contribution < -0.4 is 10.5 Å². The average Bonchev–Trinajstić information content (AvgIpc) is 2.18. The number of nitrogens with two attached hydrogens (primary N) is 1. The van der Waals surface area contributed by atoms with Gasteiger partial charge in [0.2, 0.25) is 0 Å². The van der Waals surface area contributed by atoms with E-state index in [0.717, 1.165) is 0 Å². The maximum atomic E-state index is 10.4. The Morgan fingerprint density at radius 1 is 1.40 bits per heavy atom. The number of rotatable bonds is 4. The zero-order chi connectivity index (χ0) is 11.5. The fourth-order valence-electron chi connectivity index (χ4n) is 0.997. The van der Waals surface area contributed by atoms with E-state index in [0.29, 0.717) is 12.3 Å². The Hall–Kier alpha value is -1.62. The zero-order valence-electron chi connectivity index (χ0n) is 8.77. The summed E-state index contributed by atoms with van der Waals surface area (Å²) >= 11 is 0. The van der Waals surface area contributed by atoms with E-state index < -0.39 is 10.5 Å². The Balaban J connectivity index is 2.77. The predicted molar refractivity (Wildman–Crippen MR) is 56.9 cm³/mol. The number of non-ortho nitro benzene ring substituents is 1. The van der Waals surface area contributed by atoms with Crippen LogP contribution in [0.5, 0.6) is 5.75 Å². The fourth-order valence-corrected chi connectivity index (χ4v) is 0.997. The van der Waals surface area contributed by atoms with Gasteiger partial charge in [-0.15, -0.1) is 0 Å². The summed E-state index contributed by atoms with van der Waals surface area (Å²) in [4.78, 5) is 9.95. The Labute approximate surface area is 88.0 Å². The molecule has 0 spiro atoms. The van der Waals surface area contributed by atoms with E-state index in [4.69, 9.17) is 10.5 Å². The maximum Gasteiger partial charge on any atom is 0.269 e. The molecule has 0 aliphatic rings. The van der Waals surface area contributed by atoms with Crippen molar-refractivity contribution in [3.05, 3.63) is 34.4 Å². The molecule has 1 rings (SSSR count). The molecule has 0 fully saturated rings. The molecule has 1 aromatic rings. The molecule has 5 heteroatoms. The quantitative estimate of drug-likeness (QED) is 0.606. The summed E-state index contributed by atoms with van der Waals surface area (Å²) in [6.07, 6.45) is 0. The first kappa shape index (κ1) is 11.5. The van der Waals surface area contributed by atoms with Crippen molar-refractivity contribution in [3.8, 4) is 5.75 Å². The van der Waals surface area contributed by atoms with E-state index in [1.807, 2.05) is 13.8 Å². The van der Waals surface area contributed by atoms with Crippen molar-refractivity contribution < 1.29 is 9.66 Å². The smallest absolute Gasteiger partial charge is 0.269 e. The lowest BCUT2D eigenvalue weighted by atomic mass is 10.1. The third-order valence-corrected chi connectivity index (χ3v) is 1.93. The SMILES string of the molecule is CC(C)(CN)Oc1ccc([N+](=O)[O-])cc1. The van der Waals surface area contributed by atoms with Crippen molar-refractivity contribution in [2.45, 2.75) is 19.4 Å². The van der Waals surface area contributed by atoms with Crippen LogP contribution in [0.4, 0.5) is 5.69 Å². The first-order chi connectivity index (χ1) is 6.94. The van der Waals surface area contributed by atoms with Crippen LogP contribution in [0.25, 0.3) is 0 Å². The summed E-state index contributed by atoms with van der Waals surface area (Å²) in [5.41, 5.74) is 5.09. The van der Waals surface area contributed by atoms with Crippen LogP contribution >= 0.6 is 0 Å². The van der Waals surface area contributed by atoms with Crippen LogP contribution in [0.2, 0.25) is 0 Å². The minimum absolute atomic E-state index is 0.0490. The lowest BCUT2D eigenvalue weighted by Crippen LogP contribution is -2.37. The van der Waals surface area contributed by atoms with Gasteiger partial charge < -0.3 is 10.5 Å². The highest BCUT2D eigenvalue weighted by atomic mass is 16.6. The maximum absolute atomic E-state index is 10.4. The Kier molecular flexibility index (Phi) is 3.26. The molecule has 15 heavy (non-hydrogen) atoms. The van der Waals surface area contributed by atoms with E-state index in [1.54, 1.807) is 12.1 Å². The van der Waals surface area contributed by atoms with Crippen LogP contribution in [0, 0.1) is 10.1 Å². The standard InChI is InChI=1S/C10H14N2O3/c1-10(2,7-11)15-9-5-3-8(4-6-9)12(13)14/h3-6H,7,11H2,1-2H3. The molecule has 82 valence electrons. The van der Waals surface area contributed by atoms with Crippen molar-refractivity contribution in [3.63, 3.8) is 0 Å². The summed E-state index contributed by atoms with van der Waals surface area (Å²) in [6, 6.07) is 5.94. The van der Waals surface area contributed by atoms with Gasteiger partial charge in [0.1, 0.15) is 11.4 Å². The van der Waals surface area contributed by atoms with Crippen LogP contribution in [-0.4, -0.2) is 17.1 Å². The highest BCUT2D eigenvalue weighted by Gasteiger charge is 2.17. The van der Waals surface area contributed by atoms with Crippen molar-refractivity contribution >= 4 is 5.69 Å². The fraction of sp³-hybridized carbons (Fsp3) is 0.400. The minimum Gasteiger partial charge on any atom is -0.487 e. The minimum atomic E-state index is -0.462. The van der Waals surface area contributed by atoms with Crippen molar-refractivity contribution in [2.24, 2.45) is 5.73 Å². The van der Waals surface area contributed by atoms with Gasteiger partial charge in [-0.25, -0.2) is 0 Å². The molecule has 0 saturated carbocycles. The third-order valence-electron chi connectivity index (χ3n) is 1.93. The summed E-state index contributed by atoms with van der Waals surface area (Å²) < 4.78 is 5.54. The molecule has 0 radical (unpaired) electrons. The van der Waals surface area contributed by atoms with E-state index in [9.17, 15) is 10.1 Å². The van der Waals surface area contributed by atoms with E-state index in [1.165, 1.54) is 12.1 Å². The van der Waals surface area contributed by atoms with Gasteiger partial charge in [-0.3, -0.25) is 10.1 Å². The molecule has 0 aromatic heterocycles. The summed E-state index contributed by atoms with van der Waals surface area (Å²) in [6.45, 7) is 4.09. The van der Waals surface area contributed by atoms with E-state index in [2.05, 4.69) is 0 Å². The van der Waals surface area contributed by atoms with Crippen LogP contribution in [0.1, 0.15) is 13.8 Å². The molecular weight excluding hydrogens is 196 g/mol. The van der Waals surface area contributed by atoms with Gasteiger partial charge in [0.25, 0.3) is 5.69 Å². The number of nitrogens with zero attached hydrogens (tertiary/aromatic N) is 1. The second-order valence-electron chi connectivity index (χ2n) is 3.82. The number of ether oxygens (including phenoxy) is 1. The topological polar surface area (TPSA) is 78.4 Å². The highest BCUT2D eigenvalue weighted by Crippen LogP contribution is 2.21.